The summed E-state index contributed by atoms with van der Waals surface area (Å²) in [7, 11) is 0. The van der Waals surface area contributed by atoms with E-state index in [-0.39, 0.29) is 16.9 Å². The standard InChI is InChI=1S/C20H29FN4/c1-19(2)9-18(10-20(3,4)24-19)25(13-17-11-22-14-23-17)12-15-5-7-16(21)8-6-15/h5-8,11,14,18,24H,9-10,12-13H2,1-4H3,(H,22,23). The summed E-state index contributed by atoms with van der Waals surface area (Å²) in [5.74, 6) is -0.187. The lowest BCUT2D eigenvalue weighted by Gasteiger charge is -2.49. The number of imidazole rings is 1. The maximum Gasteiger partial charge on any atom is 0.123 e. The molecule has 2 N–H and O–H groups in total. The molecule has 1 aromatic carbocycles. The molecule has 1 aliphatic heterocycles. The van der Waals surface area contributed by atoms with Crippen LogP contribution in [0.4, 0.5) is 4.39 Å². The number of nitrogens with zero attached hydrogens (tertiary/aromatic N) is 2. The Balaban J connectivity index is 1.83. The molecule has 3 rings (SSSR count). The summed E-state index contributed by atoms with van der Waals surface area (Å²) < 4.78 is 13.3. The monoisotopic (exact) mass is 344 g/mol. The number of benzene rings is 1. The average molecular weight is 344 g/mol. The van der Waals surface area contributed by atoms with Crippen molar-refractivity contribution in [2.24, 2.45) is 0 Å². The van der Waals surface area contributed by atoms with E-state index in [9.17, 15) is 4.39 Å². The van der Waals surface area contributed by atoms with E-state index in [1.807, 2.05) is 18.3 Å². The van der Waals surface area contributed by atoms with E-state index in [1.165, 1.54) is 0 Å². The van der Waals surface area contributed by atoms with Gasteiger partial charge in [0.15, 0.2) is 0 Å². The van der Waals surface area contributed by atoms with Crippen molar-refractivity contribution in [1.82, 2.24) is 20.2 Å². The van der Waals surface area contributed by atoms with Gasteiger partial charge in [-0.2, -0.15) is 0 Å². The number of hydrogen-bond donors (Lipinski definition) is 2. The summed E-state index contributed by atoms with van der Waals surface area (Å²) in [6.07, 6.45) is 5.76. The third-order valence-corrected chi connectivity index (χ3v) is 4.91. The van der Waals surface area contributed by atoms with E-state index in [0.717, 1.165) is 37.2 Å². The molecule has 0 unspecified atom stereocenters. The van der Waals surface area contributed by atoms with Gasteiger partial charge in [0.2, 0.25) is 0 Å². The summed E-state index contributed by atoms with van der Waals surface area (Å²) >= 11 is 0. The summed E-state index contributed by atoms with van der Waals surface area (Å²) in [6.45, 7) is 10.7. The van der Waals surface area contributed by atoms with Crippen LogP contribution < -0.4 is 5.32 Å². The fraction of sp³-hybridized carbons (Fsp3) is 0.550. The highest BCUT2D eigenvalue weighted by Gasteiger charge is 2.39. The Bertz CT molecular complexity index is 660. The lowest BCUT2D eigenvalue weighted by Crippen LogP contribution is -2.62. The molecule has 0 amide bonds. The third-order valence-electron chi connectivity index (χ3n) is 4.91. The van der Waals surface area contributed by atoms with Crippen LogP contribution in [0.2, 0.25) is 0 Å². The number of piperidine rings is 1. The Morgan fingerprint density at radius 1 is 1.08 bits per heavy atom. The second-order valence-electron chi connectivity index (χ2n) is 8.56. The minimum absolute atomic E-state index is 0.0848. The van der Waals surface area contributed by atoms with Gasteiger partial charge in [-0.25, -0.2) is 9.37 Å². The molecule has 1 aromatic heterocycles. The Kier molecular flexibility index (Phi) is 4.98. The predicted octanol–water partition coefficient (Wildman–Crippen LogP) is 3.86. The smallest absolute Gasteiger partial charge is 0.123 e. The molecular formula is C20H29FN4. The molecule has 4 nitrogen and oxygen atoms in total. The number of hydrogen-bond acceptors (Lipinski definition) is 3. The van der Waals surface area contributed by atoms with E-state index in [2.05, 4.69) is 47.9 Å². The molecule has 2 heterocycles. The number of rotatable bonds is 5. The van der Waals surface area contributed by atoms with Crippen LogP contribution in [-0.4, -0.2) is 32.0 Å². The van der Waals surface area contributed by atoms with Crippen LogP contribution in [-0.2, 0) is 13.1 Å². The van der Waals surface area contributed by atoms with Crippen molar-refractivity contribution in [3.63, 3.8) is 0 Å². The normalized spacial score (nSPS) is 20.1. The summed E-state index contributed by atoms with van der Waals surface area (Å²) in [6, 6.07) is 7.29. The zero-order valence-corrected chi connectivity index (χ0v) is 15.6. The summed E-state index contributed by atoms with van der Waals surface area (Å²) in [4.78, 5) is 9.86. The summed E-state index contributed by atoms with van der Waals surface area (Å²) in [5, 5.41) is 3.75. The topological polar surface area (TPSA) is 44.0 Å². The lowest BCUT2D eigenvalue weighted by molar-refractivity contribution is 0.0557. The van der Waals surface area contributed by atoms with Crippen molar-refractivity contribution < 1.29 is 4.39 Å². The van der Waals surface area contributed by atoms with Gasteiger partial charge >= 0.3 is 0 Å². The highest BCUT2D eigenvalue weighted by Crippen LogP contribution is 2.33. The second-order valence-corrected chi connectivity index (χ2v) is 8.56. The highest BCUT2D eigenvalue weighted by atomic mass is 19.1. The lowest BCUT2D eigenvalue weighted by atomic mass is 9.79. The van der Waals surface area contributed by atoms with Gasteiger partial charge in [0.25, 0.3) is 0 Å². The van der Waals surface area contributed by atoms with Crippen LogP contribution in [0.3, 0.4) is 0 Å². The predicted molar refractivity (Wildman–Crippen MR) is 98.6 cm³/mol. The molecule has 0 saturated carbocycles. The Morgan fingerprint density at radius 3 is 2.28 bits per heavy atom. The minimum atomic E-state index is -0.187. The Morgan fingerprint density at radius 2 is 1.72 bits per heavy atom. The van der Waals surface area contributed by atoms with Gasteiger partial charge in [-0.15, -0.1) is 0 Å². The number of aromatic nitrogens is 2. The van der Waals surface area contributed by atoms with Crippen molar-refractivity contribution in [3.8, 4) is 0 Å². The first kappa shape index (κ1) is 18.1. The van der Waals surface area contributed by atoms with Gasteiger partial charge in [0, 0.05) is 42.1 Å². The molecule has 25 heavy (non-hydrogen) atoms. The number of nitrogens with one attached hydrogen (secondary N) is 2. The van der Waals surface area contributed by atoms with E-state index in [4.69, 9.17) is 0 Å². The molecule has 2 aromatic rings. The highest BCUT2D eigenvalue weighted by molar-refractivity contribution is 5.16. The van der Waals surface area contributed by atoms with Crippen LogP contribution in [0.25, 0.3) is 0 Å². The van der Waals surface area contributed by atoms with Gasteiger partial charge in [-0.3, -0.25) is 4.90 Å². The van der Waals surface area contributed by atoms with Crippen molar-refractivity contribution >= 4 is 0 Å². The molecule has 1 saturated heterocycles. The molecule has 136 valence electrons. The van der Waals surface area contributed by atoms with Crippen molar-refractivity contribution in [2.75, 3.05) is 0 Å². The van der Waals surface area contributed by atoms with Crippen molar-refractivity contribution in [3.05, 3.63) is 53.9 Å². The van der Waals surface area contributed by atoms with Gasteiger partial charge in [-0.1, -0.05) is 12.1 Å². The zero-order chi connectivity index (χ0) is 18.1. The fourth-order valence-corrected chi connectivity index (χ4v) is 4.25. The maximum absolute atomic E-state index is 13.3. The van der Waals surface area contributed by atoms with Crippen LogP contribution in [0.1, 0.15) is 51.8 Å². The first-order valence-corrected chi connectivity index (χ1v) is 8.98. The van der Waals surface area contributed by atoms with Gasteiger partial charge in [-0.05, 0) is 58.2 Å². The quantitative estimate of drug-likeness (QED) is 0.866. The molecule has 0 spiro atoms. The van der Waals surface area contributed by atoms with Gasteiger partial charge < -0.3 is 10.3 Å². The number of H-pyrrole nitrogens is 1. The molecule has 0 atom stereocenters. The SMILES string of the molecule is CC1(C)CC(N(Cc2ccc(F)cc2)Cc2cnc[nH]2)CC(C)(C)N1. The first-order valence-electron chi connectivity index (χ1n) is 8.98. The summed E-state index contributed by atoms with van der Waals surface area (Å²) in [5.41, 5.74) is 2.41. The molecule has 0 bridgehead atoms. The minimum Gasteiger partial charge on any atom is -0.347 e. The van der Waals surface area contributed by atoms with Gasteiger partial charge in [0.1, 0.15) is 5.82 Å². The average Bonchev–Trinajstić information content (AvgIpc) is 2.98. The molecule has 1 aliphatic rings. The van der Waals surface area contributed by atoms with Crippen LogP contribution in [0.5, 0.6) is 0 Å². The van der Waals surface area contributed by atoms with Crippen LogP contribution in [0.15, 0.2) is 36.8 Å². The van der Waals surface area contributed by atoms with E-state index >= 15 is 0 Å². The number of aromatic amines is 1. The zero-order valence-electron chi connectivity index (χ0n) is 15.6. The third kappa shape index (κ3) is 4.89. The van der Waals surface area contributed by atoms with E-state index in [1.54, 1.807) is 18.5 Å². The first-order chi connectivity index (χ1) is 11.7. The molecule has 0 aliphatic carbocycles. The number of halogens is 1. The Labute approximate surface area is 149 Å². The molecular weight excluding hydrogens is 315 g/mol. The Hall–Kier alpha value is -1.72. The van der Waals surface area contributed by atoms with Crippen molar-refractivity contribution in [1.29, 1.82) is 0 Å². The van der Waals surface area contributed by atoms with Crippen molar-refractivity contribution in [2.45, 2.75) is 70.7 Å². The van der Waals surface area contributed by atoms with E-state index < -0.39 is 0 Å². The largest absolute Gasteiger partial charge is 0.347 e. The fourth-order valence-electron chi connectivity index (χ4n) is 4.25. The molecule has 1 fully saturated rings. The van der Waals surface area contributed by atoms with Gasteiger partial charge in [0.05, 0.1) is 6.33 Å². The second kappa shape index (κ2) is 6.89. The maximum atomic E-state index is 13.3. The van der Waals surface area contributed by atoms with E-state index in [0.29, 0.717) is 6.04 Å². The molecule has 0 radical (unpaired) electrons. The molecule has 5 heteroatoms. The van der Waals surface area contributed by atoms with Crippen LogP contribution >= 0.6 is 0 Å². The van der Waals surface area contributed by atoms with Crippen LogP contribution in [0, 0.1) is 5.82 Å².